The van der Waals surface area contributed by atoms with Crippen LogP contribution in [-0.2, 0) is 18.0 Å². The molecule has 0 saturated carbocycles. The number of carbonyl (C=O) groups is 1. The number of carboxylic acids is 1. The first-order chi connectivity index (χ1) is 20.0. The molecule has 9 nitrogen and oxygen atoms in total. The zero-order chi connectivity index (χ0) is 28.3. The molecule has 0 spiro atoms. The van der Waals surface area contributed by atoms with E-state index in [9.17, 15) is 15.0 Å². The highest BCUT2D eigenvalue weighted by Crippen LogP contribution is 2.50. The number of carboxylic acid groups (broad SMARTS) is 1. The molecule has 0 aliphatic carbocycles. The fourth-order valence-electron chi connectivity index (χ4n) is 4.64. The summed E-state index contributed by atoms with van der Waals surface area (Å²) in [4.78, 5) is 18.0. The van der Waals surface area contributed by atoms with Crippen molar-refractivity contribution in [3.05, 3.63) is 108 Å². The van der Waals surface area contributed by atoms with Crippen LogP contribution in [-0.4, -0.2) is 34.5 Å². The number of fused-ring (bicyclic) bond motifs is 2. The zero-order valence-corrected chi connectivity index (χ0v) is 22.1. The number of methoxy groups -OCH3 is 1. The van der Waals surface area contributed by atoms with Crippen molar-refractivity contribution in [3.8, 4) is 28.7 Å². The fourth-order valence-corrected chi connectivity index (χ4v) is 4.64. The maximum atomic E-state index is 12.0. The number of para-hydroxylation sites is 1. The first-order valence-electron chi connectivity index (χ1n) is 12.9. The van der Waals surface area contributed by atoms with E-state index in [0.29, 0.717) is 29.5 Å². The second-order valence-corrected chi connectivity index (χ2v) is 9.38. The first kappa shape index (κ1) is 25.8. The normalized spacial score (nSPS) is 13.9. The largest absolute Gasteiger partial charge is 0.505 e. The van der Waals surface area contributed by atoms with Crippen LogP contribution in [0.3, 0.4) is 0 Å². The van der Waals surface area contributed by atoms with E-state index in [0.717, 1.165) is 22.2 Å². The quantitative estimate of drug-likeness (QED) is 0.227. The Morgan fingerprint density at radius 2 is 1.61 bits per heavy atom. The number of anilines is 2. The van der Waals surface area contributed by atoms with Crippen LogP contribution in [0.15, 0.2) is 97.1 Å². The van der Waals surface area contributed by atoms with Gasteiger partial charge in [0.05, 0.1) is 18.3 Å². The Hall–Kier alpha value is -5.44. The molecule has 2 heterocycles. The van der Waals surface area contributed by atoms with Gasteiger partial charge in [-0.25, -0.2) is 9.78 Å². The van der Waals surface area contributed by atoms with E-state index < -0.39 is 12.2 Å². The van der Waals surface area contributed by atoms with Crippen molar-refractivity contribution in [2.75, 3.05) is 12.0 Å². The van der Waals surface area contributed by atoms with Crippen LogP contribution in [0.4, 0.5) is 11.4 Å². The Morgan fingerprint density at radius 3 is 2.37 bits per heavy atom. The molecule has 0 bridgehead atoms. The molecule has 5 aromatic rings. The Labute approximate surface area is 235 Å². The molecule has 206 valence electrons. The average molecular weight is 551 g/mol. The monoisotopic (exact) mass is 550 g/mol. The maximum absolute atomic E-state index is 12.0. The van der Waals surface area contributed by atoms with Crippen molar-refractivity contribution in [2.45, 2.75) is 19.4 Å². The molecule has 1 aliphatic heterocycles. The van der Waals surface area contributed by atoms with E-state index in [1.54, 1.807) is 37.4 Å². The Balaban J connectivity index is 1.12. The van der Waals surface area contributed by atoms with E-state index in [-0.39, 0.29) is 23.8 Å². The summed E-state index contributed by atoms with van der Waals surface area (Å²) in [5.74, 6) is 0.501. The number of hydrogen-bond acceptors (Lipinski definition) is 8. The molecule has 0 saturated heterocycles. The summed E-state index contributed by atoms with van der Waals surface area (Å²) in [7, 11) is 1.55. The number of aromatic nitrogens is 1. The summed E-state index contributed by atoms with van der Waals surface area (Å²) < 4.78 is 22.7. The fraction of sp³-hybridized carbons (Fsp3) is 0.125. The molecule has 1 aromatic heterocycles. The zero-order valence-electron chi connectivity index (χ0n) is 22.1. The molecule has 0 amide bonds. The summed E-state index contributed by atoms with van der Waals surface area (Å²) in [6.45, 7) is 0.565. The number of phenols is 1. The molecule has 1 aliphatic rings. The number of hydrogen-bond donors (Lipinski definition) is 2. The van der Waals surface area contributed by atoms with Crippen molar-refractivity contribution < 1.29 is 34.0 Å². The molecule has 6 rings (SSSR count). The van der Waals surface area contributed by atoms with Gasteiger partial charge in [-0.05, 0) is 54.1 Å². The van der Waals surface area contributed by atoms with Gasteiger partial charge in [-0.1, -0.05) is 36.4 Å². The van der Waals surface area contributed by atoms with Gasteiger partial charge in [-0.2, -0.15) is 0 Å². The van der Waals surface area contributed by atoms with Gasteiger partial charge >= 0.3 is 5.97 Å². The highest BCUT2D eigenvalue weighted by Gasteiger charge is 2.40. The minimum atomic E-state index is -1.35. The van der Waals surface area contributed by atoms with Crippen LogP contribution in [0.5, 0.6) is 28.7 Å². The highest BCUT2D eigenvalue weighted by atomic mass is 16.5. The summed E-state index contributed by atoms with van der Waals surface area (Å²) in [5.41, 5.74) is 3.42. The number of aromatic hydroxyl groups is 1. The molecule has 9 heteroatoms. The van der Waals surface area contributed by atoms with Gasteiger partial charge < -0.3 is 29.2 Å². The molecule has 2 N–H and O–H groups in total. The Kier molecular flexibility index (Phi) is 6.91. The van der Waals surface area contributed by atoms with Crippen LogP contribution < -0.4 is 23.8 Å². The van der Waals surface area contributed by atoms with E-state index in [1.807, 2.05) is 60.7 Å². The van der Waals surface area contributed by atoms with Crippen molar-refractivity contribution >= 4 is 28.2 Å². The third-order valence-electron chi connectivity index (χ3n) is 6.68. The van der Waals surface area contributed by atoms with Gasteiger partial charge in [-0.3, -0.25) is 4.90 Å². The number of rotatable bonds is 9. The van der Waals surface area contributed by atoms with Crippen LogP contribution in [0, 0.1) is 0 Å². The predicted octanol–water partition coefficient (Wildman–Crippen LogP) is 6.05. The van der Waals surface area contributed by atoms with Gasteiger partial charge in [0, 0.05) is 23.2 Å². The standard InChI is InChI=1S/C32H26N2O7/c1-38-24-14-10-23(11-15-24)34-30-28(35)16-26(17-29(30)41-31(34)32(36)37)39-18-20-6-12-25(13-7-20)40-19-22-9-8-21-4-2-3-5-27(21)33-22/h2-17,31,35H,18-19H2,1H3,(H,36,37). The third-order valence-corrected chi connectivity index (χ3v) is 6.68. The summed E-state index contributed by atoms with van der Waals surface area (Å²) >= 11 is 0. The Morgan fingerprint density at radius 1 is 0.878 bits per heavy atom. The summed E-state index contributed by atoms with van der Waals surface area (Å²) in [6.07, 6.45) is -1.35. The lowest BCUT2D eigenvalue weighted by Gasteiger charge is -2.23. The van der Waals surface area contributed by atoms with E-state index in [1.165, 1.54) is 11.0 Å². The van der Waals surface area contributed by atoms with Crippen molar-refractivity contribution in [2.24, 2.45) is 0 Å². The van der Waals surface area contributed by atoms with Gasteiger partial charge in [0.25, 0.3) is 6.23 Å². The molecule has 0 radical (unpaired) electrons. The number of nitrogens with zero attached hydrogens (tertiary/aromatic N) is 2. The lowest BCUT2D eigenvalue weighted by atomic mass is 10.2. The first-order valence-corrected chi connectivity index (χ1v) is 12.9. The van der Waals surface area contributed by atoms with Gasteiger partial charge in [0.15, 0.2) is 5.75 Å². The molecule has 4 aromatic carbocycles. The number of benzene rings is 4. The Bertz CT molecular complexity index is 1700. The topological polar surface area (TPSA) is 111 Å². The SMILES string of the molecule is COc1ccc(N2c3c(O)cc(OCc4ccc(OCc5ccc6ccccc6n5)cc4)cc3OC2C(=O)O)cc1. The second-order valence-electron chi connectivity index (χ2n) is 9.38. The average Bonchev–Trinajstić information content (AvgIpc) is 3.40. The van der Waals surface area contributed by atoms with Gasteiger partial charge in [0.1, 0.15) is 41.9 Å². The molecule has 1 atom stereocenters. The van der Waals surface area contributed by atoms with Crippen LogP contribution in [0.25, 0.3) is 10.9 Å². The highest BCUT2D eigenvalue weighted by molar-refractivity contribution is 5.89. The number of aliphatic carboxylic acids is 1. The second kappa shape index (κ2) is 11.0. The van der Waals surface area contributed by atoms with E-state index >= 15 is 0 Å². The number of ether oxygens (including phenoxy) is 4. The molecular weight excluding hydrogens is 524 g/mol. The maximum Gasteiger partial charge on any atom is 0.367 e. The number of pyridine rings is 1. The van der Waals surface area contributed by atoms with E-state index in [2.05, 4.69) is 4.98 Å². The minimum Gasteiger partial charge on any atom is -0.505 e. The number of phenolic OH excluding ortho intramolecular Hbond substituents is 1. The van der Waals surface area contributed by atoms with Crippen molar-refractivity contribution in [3.63, 3.8) is 0 Å². The van der Waals surface area contributed by atoms with Crippen molar-refractivity contribution in [1.82, 2.24) is 4.98 Å². The van der Waals surface area contributed by atoms with Crippen LogP contribution in [0.1, 0.15) is 11.3 Å². The minimum absolute atomic E-state index is 0.164. The van der Waals surface area contributed by atoms with Crippen LogP contribution in [0.2, 0.25) is 0 Å². The molecular formula is C32H26N2O7. The van der Waals surface area contributed by atoms with Crippen molar-refractivity contribution in [1.29, 1.82) is 0 Å². The lowest BCUT2D eigenvalue weighted by Crippen LogP contribution is -2.38. The van der Waals surface area contributed by atoms with E-state index in [4.69, 9.17) is 18.9 Å². The predicted molar refractivity (Wildman–Crippen MR) is 152 cm³/mol. The molecule has 1 unspecified atom stereocenters. The lowest BCUT2D eigenvalue weighted by molar-refractivity contribution is -0.143. The van der Waals surface area contributed by atoms with Gasteiger partial charge in [0.2, 0.25) is 0 Å². The molecule has 41 heavy (non-hydrogen) atoms. The summed E-state index contributed by atoms with van der Waals surface area (Å²) in [5, 5.41) is 21.7. The van der Waals surface area contributed by atoms with Crippen LogP contribution >= 0.6 is 0 Å². The summed E-state index contributed by atoms with van der Waals surface area (Å²) in [6, 6.07) is 29.2. The molecule has 0 fully saturated rings. The third kappa shape index (κ3) is 5.38. The van der Waals surface area contributed by atoms with Gasteiger partial charge in [-0.15, -0.1) is 0 Å². The smallest absolute Gasteiger partial charge is 0.367 e.